The van der Waals surface area contributed by atoms with Gasteiger partial charge in [0.15, 0.2) is 5.76 Å². The lowest BCUT2D eigenvalue weighted by atomic mass is 10.2. The van der Waals surface area contributed by atoms with E-state index in [4.69, 9.17) is 16.0 Å². The van der Waals surface area contributed by atoms with Gasteiger partial charge in [-0.15, -0.1) is 0 Å². The van der Waals surface area contributed by atoms with Crippen molar-refractivity contribution < 1.29 is 9.21 Å². The maximum absolute atomic E-state index is 12.2. The van der Waals surface area contributed by atoms with Gasteiger partial charge in [0.25, 0.3) is 5.91 Å². The third-order valence-corrected chi connectivity index (χ3v) is 4.02. The second kappa shape index (κ2) is 6.38. The molecule has 0 aliphatic rings. The van der Waals surface area contributed by atoms with Crippen LogP contribution in [0.5, 0.6) is 0 Å². The summed E-state index contributed by atoms with van der Waals surface area (Å²) in [7, 11) is 0. The molecule has 22 heavy (non-hydrogen) atoms. The Morgan fingerprint density at radius 1 is 1.00 bits per heavy atom. The molecule has 0 aliphatic heterocycles. The molecule has 0 aliphatic carbocycles. The number of benzene rings is 2. The molecule has 3 nitrogen and oxygen atoms in total. The van der Waals surface area contributed by atoms with E-state index in [0.717, 1.165) is 10.0 Å². The number of para-hydroxylation sites is 1. The van der Waals surface area contributed by atoms with Crippen molar-refractivity contribution in [3.63, 3.8) is 0 Å². The summed E-state index contributed by atoms with van der Waals surface area (Å²) in [4.78, 5) is 12.2. The second-order valence-corrected chi connectivity index (χ2v) is 5.90. The third kappa shape index (κ3) is 3.24. The van der Waals surface area contributed by atoms with Crippen molar-refractivity contribution in [1.29, 1.82) is 0 Å². The van der Waals surface area contributed by atoms with Crippen molar-refractivity contribution in [3.8, 4) is 11.3 Å². The highest BCUT2D eigenvalue weighted by Gasteiger charge is 2.13. The van der Waals surface area contributed by atoms with Crippen LogP contribution in [0.2, 0.25) is 5.02 Å². The maximum Gasteiger partial charge on any atom is 0.291 e. The first kappa shape index (κ1) is 14.9. The molecule has 5 heteroatoms. The first-order valence-corrected chi connectivity index (χ1v) is 7.72. The number of hydrogen-bond donors (Lipinski definition) is 1. The van der Waals surface area contributed by atoms with Crippen LogP contribution in [-0.4, -0.2) is 5.91 Å². The molecule has 1 amide bonds. The average Bonchev–Trinajstić information content (AvgIpc) is 3.00. The predicted molar refractivity (Wildman–Crippen MR) is 91.2 cm³/mol. The number of furan rings is 1. The third-order valence-electron chi connectivity index (χ3n) is 3.08. The molecule has 110 valence electrons. The van der Waals surface area contributed by atoms with E-state index in [0.29, 0.717) is 16.5 Å². The number of nitrogens with one attached hydrogen (secondary N) is 1. The molecular weight excluding hydrogens is 366 g/mol. The lowest BCUT2D eigenvalue weighted by Gasteiger charge is -2.05. The minimum absolute atomic E-state index is 0.251. The van der Waals surface area contributed by atoms with Gasteiger partial charge in [-0.3, -0.25) is 4.79 Å². The summed E-state index contributed by atoms with van der Waals surface area (Å²) in [5.41, 5.74) is 1.56. The van der Waals surface area contributed by atoms with Gasteiger partial charge in [-0.1, -0.05) is 23.7 Å². The van der Waals surface area contributed by atoms with E-state index in [1.165, 1.54) is 0 Å². The maximum atomic E-state index is 12.2. The predicted octanol–water partition coefficient (Wildman–Crippen LogP) is 5.61. The van der Waals surface area contributed by atoms with Crippen LogP contribution < -0.4 is 5.32 Å². The van der Waals surface area contributed by atoms with E-state index in [2.05, 4.69) is 21.2 Å². The van der Waals surface area contributed by atoms with Crippen molar-refractivity contribution in [3.05, 3.63) is 75.9 Å². The van der Waals surface area contributed by atoms with Crippen molar-refractivity contribution in [2.75, 3.05) is 5.32 Å². The Kier molecular flexibility index (Phi) is 4.32. The number of amides is 1. The van der Waals surface area contributed by atoms with E-state index in [1.54, 1.807) is 24.3 Å². The number of anilines is 1. The molecule has 1 N–H and O–H groups in total. The largest absolute Gasteiger partial charge is 0.451 e. The zero-order valence-corrected chi connectivity index (χ0v) is 13.7. The molecule has 0 spiro atoms. The Hall–Kier alpha value is -2.04. The van der Waals surface area contributed by atoms with Crippen LogP contribution in [0.25, 0.3) is 11.3 Å². The Morgan fingerprint density at radius 3 is 2.45 bits per heavy atom. The number of hydrogen-bond acceptors (Lipinski definition) is 2. The summed E-state index contributed by atoms with van der Waals surface area (Å²) in [6.07, 6.45) is 0. The van der Waals surface area contributed by atoms with E-state index >= 15 is 0 Å². The van der Waals surface area contributed by atoms with Crippen LogP contribution in [0, 0.1) is 0 Å². The lowest BCUT2D eigenvalue weighted by Crippen LogP contribution is -2.11. The normalized spacial score (nSPS) is 10.5. The van der Waals surface area contributed by atoms with Crippen molar-refractivity contribution in [2.45, 2.75) is 0 Å². The van der Waals surface area contributed by atoms with Gasteiger partial charge in [-0.25, -0.2) is 0 Å². The van der Waals surface area contributed by atoms with E-state index in [1.807, 2.05) is 36.4 Å². The Bertz CT molecular complexity index is 812. The highest BCUT2D eigenvalue weighted by atomic mass is 79.9. The Labute approximate surface area is 141 Å². The molecule has 3 aromatic rings. The molecule has 0 saturated heterocycles. The fourth-order valence-corrected chi connectivity index (χ4v) is 2.49. The summed E-state index contributed by atoms with van der Waals surface area (Å²) < 4.78 is 6.43. The molecule has 0 fully saturated rings. The number of halogens is 2. The van der Waals surface area contributed by atoms with Gasteiger partial charge in [-0.2, -0.15) is 0 Å². The molecule has 0 bridgehead atoms. The Morgan fingerprint density at radius 2 is 1.73 bits per heavy atom. The fraction of sp³-hybridized carbons (Fsp3) is 0. The van der Waals surface area contributed by atoms with E-state index in [9.17, 15) is 4.79 Å². The van der Waals surface area contributed by atoms with Crippen molar-refractivity contribution >= 4 is 39.1 Å². The van der Waals surface area contributed by atoms with Gasteiger partial charge in [0.1, 0.15) is 5.76 Å². The number of carbonyl (C=O) groups is 1. The summed E-state index contributed by atoms with van der Waals surface area (Å²) >= 11 is 9.25. The summed E-state index contributed by atoms with van der Waals surface area (Å²) in [6, 6.07) is 18.1. The number of carbonyl (C=O) groups excluding carboxylic acids is 1. The Balaban J connectivity index is 1.80. The van der Waals surface area contributed by atoms with Crippen LogP contribution in [-0.2, 0) is 0 Å². The monoisotopic (exact) mass is 375 g/mol. The van der Waals surface area contributed by atoms with Crippen LogP contribution in [0.1, 0.15) is 10.6 Å². The fourth-order valence-electron chi connectivity index (χ4n) is 1.98. The molecular formula is C17H11BrClNO2. The SMILES string of the molecule is O=C(Nc1ccccc1Br)c1ccc(-c2ccc(Cl)cc2)o1. The summed E-state index contributed by atoms with van der Waals surface area (Å²) in [6.45, 7) is 0. The van der Waals surface area contributed by atoms with Gasteiger partial charge in [-0.05, 0) is 64.5 Å². The molecule has 3 rings (SSSR count). The van der Waals surface area contributed by atoms with E-state index in [-0.39, 0.29) is 11.7 Å². The van der Waals surface area contributed by atoms with E-state index < -0.39 is 0 Å². The van der Waals surface area contributed by atoms with Gasteiger partial charge >= 0.3 is 0 Å². The average molecular weight is 377 g/mol. The highest BCUT2D eigenvalue weighted by Crippen LogP contribution is 2.25. The molecule has 0 unspecified atom stereocenters. The number of rotatable bonds is 3. The smallest absolute Gasteiger partial charge is 0.291 e. The van der Waals surface area contributed by atoms with Gasteiger partial charge in [0, 0.05) is 15.1 Å². The topological polar surface area (TPSA) is 42.2 Å². The summed E-state index contributed by atoms with van der Waals surface area (Å²) in [5.74, 6) is 0.571. The standard InChI is InChI=1S/C17H11BrClNO2/c18-13-3-1-2-4-14(13)20-17(21)16-10-9-15(22-16)11-5-7-12(19)8-6-11/h1-10H,(H,20,21). The minimum Gasteiger partial charge on any atom is -0.451 e. The van der Waals surface area contributed by atoms with Crippen LogP contribution in [0.3, 0.4) is 0 Å². The van der Waals surface area contributed by atoms with Crippen LogP contribution >= 0.6 is 27.5 Å². The molecule has 2 aromatic carbocycles. The van der Waals surface area contributed by atoms with Gasteiger partial charge < -0.3 is 9.73 Å². The minimum atomic E-state index is -0.299. The first-order valence-electron chi connectivity index (χ1n) is 6.55. The van der Waals surface area contributed by atoms with Gasteiger partial charge in [0.2, 0.25) is 0 Å². The molecule has 1 heterocycles. The van der Waals surface area contributed by atoms with Gasteiger partial charge in [0.05, 0.1) is 5.69 Å². The zero-order valence-electron chi connectivity index (χ0n) is 11.3. The van der Waals surface area contributed by atoms with Crippen molar-refractivity contribution in [1.82, 2.24) is 0 Å². The summed E-state index contributed by atoms with van der Waals surface area (Å²) in [5, 5.41) is 3.45. The lowest BCUT2D eigenvalue weighted by molar-refractivity contribution is 0.0997. The first-order chi connectivity index (χ1) is 10.6. The van der Waals surface area contributed by atoms with Crippen LogP contribution in [0.4, 0.5) is 5.69 Å². The highest BCUT2D eigenvalue weighted by molar-refractivity contribution is 9.10. The zero-order chi connectivity index (χ0) is 15.5. The molecule has 1 aromatic heterocycles. The quantitative estimate of drug-likeness (QED) is 0.645. The molecule has 0 saturated carbocycles. The second-order valence-electron chi connectivity index (χ2n) is 4.60. The van der Waals surface area contributed by atoms with Crippen LogP contribution in [0.15, 0.2) is 69.6 Å². The van der Waals surface area contributed by atoms with Crippen molar-refractivity contribution in [2.24, 2.45) is 0 Å². The molecule has 0 atom stereocenters. The molecule has 0 radical (unpaired) electrons.